The second-order valence-corrected chi connectivity index (χ2v) is 17.4. The van der Waals surface area contributed by atoms with Gasteiger partial charge in [-0.05, 0) is 148 Å². The smallest absolute Gasteiger partial charge is 0.421 e. The van der Waals surface area contributed by atoms with Gasteiger partial charge in [0.2, 0.25) is 0 Å². The molecule has 3 unspecified atom stereocenters. The number of rotatable bonds is 5. The number of nitrogens with one attached hydrogen (secondary N) is 1. The molecule has 0 bridgehead atoms. The molecule has 1 heterocycles. The van der Waals surface area contributed by atoms with Gasteiger partial charge in [0.15, 0.2) is 0 Å². The van der Waals surface area contributed by atoms with E-state index in [9.17, 15) is 23.4 Å². The molecule has 1 amide bonds. The second kappa shape index (κ2) is 10.9. The summed E-state index contributed by atoms with van der Waals surface area (Å²) in [5.74, 6) is 2.64. The van der Waals surface area contributed by atoms with E-state index in [1.807, 2.05) is 13.8 Å². The number of fused-ring (bicyclic) bond motifs is 6. The Balaban J connectivity index is 1.08. The van der Waals surface area contributed by atoms with E-state index in [-0.39, 0.29) is 52.0 Å². The molecule has 0 spiro atoms. The first-order chi connectivity index (χ1) is 20.1. The van der Waals surface area contributed by atoms with Gasteiger partial charge in [-0.15, -0.1) is 0 Å². The van der Waals surface area contributed by atoms with Crippen molar-refractivity contribution in [2.24, 2.45) is 46.3 Å². The topological polar surface area (TPSA) is 122 Å². The lowest BCUT2D eigenvalue weighted by molar-refractivity contribution is -0.174. The number of carbonyl (C=O) groups excluding carboxylic acids is 1. The van der Waals surface area contributed by atoms with Crippen LogP contribution < -0.4 is 9.46 Å². The number of aliphatic hydroxyl groups excluding tert-OH is 2. The summed E-state index contributed by atoms with van der Waals surface area (Å²) < 4.78 is 39.6. The molecule has 0 aromatic heterocycles. The summed E-state index contributed by atoms with van der Waals surface area (Å²) in [5, 5.41) is 21.8. The number of sulfonamides is 1. The summed E-state index contributed by atoms with van der Waals surface area (Å²) in [4.78, 5) is 12.7. The molecule has 240 valence electrons. The molecule has 4 fully saturated rings. The largest absolute Gasteiger partial charge is 0.488 e. The summed E-state index contributed by atoms with van der Waals surface area (Å²) in [6.45, 7) is 11.1. The van der Waals surface area contributed by atoms with E-state index in [1.165, 1.54) is 6.07 Å². The van der Waals surface area contributed by atoms with E-state index >= 15 is 0 Å². The van der Waals surface area contributed by atoms with Crippen molar-refractivity contribution < 1.29 is 32.9 Å². The molecule has 3 N–H and O–H groups in total. The maximum absolute atomic E-state index is 13.0. The molecule has 9 heteroatoms. The highest BCUT2D eigenvalue weighted by Crippen LogP contribution is 2.68. The number of hydrogen-bond donors (Lipinski definition) is 3. The van der Waals surface area contributed by atoms with Gasteiger partial charge in [0.05, 0.1) is 23.7 Å². The van der Waals surface area contributed by atoms with Crippen LogP contribution in [-0.2, 0) is 21.2 Å². The first-order valence-corrected chi connectivity index (χ1v) is 18.0. The molecular formula is C34H51NO7S. The highest BCUT2D eigenvalue weighted by Gasteiger charge is 2.63. The van der Waals surface area contributed by atoms with Crippen LogP contribution in [0.25, 0.3) is 0 Å². The van der Waals surface area contributed by atoms with Gasteiger partial charge in [0.1, 0.15) is 11.4 Å². The summed E-state index contributed by atoms with van der Waals surface area (Å²) in [5.41, 5.74) is 0.753. The first kappa shape index (κ1) is 31.2. The SMILES string of the molecule is C[C@H](COC(=O)NS(=O)(=O)c1ccc2c(c1)CCC(C)(C)O2)C1CCC2[C@H]3C(CC[C@@]21C)[C@@]1(C)CC[C@@H](O)C[C@H]1C[C@H]3O. The lowest BCUT2D eigenvalue weighted by atomic mass is 9.43. The van der Waals surface area contributed by atoms with Crippen LogP contribution in [0.3, 0.4) is 0 Å². The number of ether oxygens (including phenoxy) is 2. The fourth-order valence-corrected chi connectivity index (χ4v) is 11.4. The third-order valence-electron chi connectivity index (χ3n) is 12.8. The Morgan fingerprint density at radius 2 is 1.74 bits per heavy atom. The molecular weight excluding hydrogens is 566 g/mol. The monoisotopic (exact) mass is 617 g/mol. The van der Waals surface area contributed by atoms with E-state index in [0.717, 1.165) is 63.4 Å². The quantitative estimate of drug-likeness (QED) is 0.380. The van der Waals surface area contributed by atoms with Gasteiger partial charge in [-0.25, -0.2) is 17.9 Å². The average Bonchev–Trinajstić information content (AvgIpc) is 3.29. The van der Waals surface area contributed by atoms with Gasteiger partial charge in [0, 0.05) is 0 Å². The van der Waals surface area contributed by atoms with E-state index < -0.39 is 16.1 Å². The third kappa shape index (κ3) is 5.50. The first-order valence-electron chi connectivity index (χ1n) is 16.5. The van der Waals surface area contributed by atoms with Gasteiger partial charge < -0.3 is 19.7 Å². The standard InChI is InChI=1S/C34H51NO7S/c1-20(19-41-31(38)35-43(39,40)24-6-9-29-21(16-24)10-13-32(2,3)42-29)25-7-8-26-30-27(12-15-34(25,26)5)33(4)14-11-23(36)17-22(33)18-28(30)37/h6,9,16,20,22-23,25-28,30,36-37H,7-8,10-15,17-19H2,1-5H3,(H,35,38)/t20-,22+,23-,25?,26?,27?,28-,30+,33+,34-/m1/s1. The van der Waals surface area contributed by atoms with Crippen LogP contribution in [0.2, 0.25) is 0 Å². The minimum Gasteiger partial charge on any atom is -0.488 e. The molecule has 43 heavy (non-hydrogen) atoms. The molecule has 4 aliphatic carbocycles. The number of carbonyl (C=O) groups is 1. The number of benzene rings is 1. The van der Waals surface area contributed by atoms with Crippen LogP contribution in [0.4, 0.5) is 4.79 Å². The van der Waals surface area contributed by atoms with Crippen LogP contribution in [0.15, 0.2) is 23.1 Å². The van der Waals surface area contributed by atoms with Gasteiger partial charge in [-0.1, -0.05) is 20.8 Å². The summed E-state index contributed by atoms with van der Waals surface area (Å²) >= 11 is 0. The Bertz CT molecular complexity index is 1350. The maximum Gasteiger partial charge on any atom is 0.421 e. The van der Waals surface area contributed by atoms with E-state index in [0.29, 0.717) is 35.8 Å². The van der Waals surface area contributed by atoms with Crippen molar-refractivity contribution in [3.63, 3.8) is 0 Å². The van der Waals surface area contributed by atoms with E-state index in [1.54, 1.807) is 12.1 Å². The van der Waals surface area contributed by atoms with Crippen LogP contribution in [0.1, 0.15) is 98.0 Å². The van der Waals surface area contributed by atoms with E-state index in [4.69, 9.17) is 9.47 Å². The predicted molar refractivity (Wildman–Crippen MR) is 163 cm³/mol. The second-order valence-electron chi connectivity index (χ2n) is 15.8. The number of amides is 1. The molecule has 8 nitrogen and oxygen atoms in total. The van der Waals surface area contributed by atoms with Gasteiger partial charge >= 0.3 is 6.09 Å². The minimum atomic E-state index is -4.08. The molecule has 0 saturated heterocycles. The molecule has 10 atom stereocenters. The van der Waals surface area contributed by atoms with Gasteiger partial charge in [0.25, 0.3) is 10.0 Å². The summed E-state index contributed by atoms with van der Waals surface area (Å²) in [6, 6.07) is 4.70. The number of aliphatic hydroxyl groups is 2. The zero-order valence-corrected chi connectivity index (χ0v) is 27.3. The highest BCUT2D eigenvalue weighted by atomic mass is 32.2. The van der Waals surface area contributed by atoms with Crippen LogP contribution in [-0.4, -0.2) is 49.1 Å². The normalized spacial score (nSPS) is 40.6. The Morgan fingerprint density at radius 3 is 2.51 bits per heavy atom. The average molecular weight is 618 g/mol. The fourth-order valence-electron chi connectivity index (χ4n) is 10.5. The fraction of sp³-hybridized carbons (Fsp3) is 0.794. The van der Waals surface area contributed by atoms with Crippen LogP contribution in [0, 0.1) is 46.3 Å². The lowest BCUT2D eigenvalue weighted by Gasteiger charge is -2.62. The maximum atomic E-state index is 13.0. The molecule has 0 radical (unpaired) electrons. The molecule has 1 aliphatic heterocycles. The Kier molecular flexibility index (Phi) is 7.90. The minimum absolute atomic E-state index is 0.0249. The predicted octanol–water partition coefficient (Wildman–Crippen LogP) is 5.83. The zero-order chi connectivity index (χ0) is 30.9. The highest BCUT2D eigenvalue weighted by molar-refractivity contribution is 7.90. The summed E-state index contributed by atoms with van der Waals surface area (Å²) in [6.07, 6.45) is 7.73. The van der Waals surface area contributed by atoms with Gasteiger partial charge in [-0.3, -0.25) is 0 Å². The van der Waals surface area contributed by atoms with Crippen LogP contribution >= 0.6 is 0 Å². The molecule has 1 aromatic rings. The number of hydrogen-bond acceptors (Lipinski definition) is 7. The van der Waals surface area contributed by atoms with Crippen molar-refractivity contribution in [2.45, 2.75) is 122 Å². The summed E-state index contributed by atoms with van der Waals surface area (Å²) in [7, 11) is -4.08. The number of aryl methyl sites for hydroxylation is 1. The van der Waals surface area contributed by atoms with Crippen molar-refractivity contribution in [2.75, 3.05) is 6.61 Å². The lowest BCUT2D eigenvalue weighted by Crippen LogP contribution is -2.58. The van der Waals surface area contributed by atoms with Crippen molar-refractivity contribution in [3.8, 4) is 5.75 Å². The van der Waals surface area contributed by atoms with E-state index in [2.05, 4.69) is 25.5 Å². The Labute approximate surface area is 257 Å². The van der Waals surface area contributed by atoms with Crippen molar-refractivity contribution >= 4 is 16.1 Å². The third-order valence-corrected chi connectivity index (χ3v) is 14.1. The van der Waals surface area contributed by atoms with Gasteiger partial charge in [-0.2, -0.15) is 0 Å². The van der Waals surface area contributed by atoms with Crippen LogP contribution in [0.5, 0.6) is 5.75 Å². The molecule has 5 aliphatic rings. The van der Waals surface area contributed by atoms with Crippen molar-refractivity contribution in [1.29, 1.82) is 0 Å². The molecule has 4 saturated carbocycles. The van der Waals surface area contributed by atoms with Crippen molar-refractivity contribution in [1.82, 2.24) is 4.72 Å². The Morgan fingerprint density at radius 1 is 1.02 bits per heavy atom. The molecule has 1 aromatic carbocycles. The van der Waals surface area contributed by atoms with Crippen molar-refractivity contribution in [3.05, 3.63) is 23.8 Å². The molecule has 6 rings (SSSR count). The Hall–Kier alpha value is -1.84. The zero-order valence-electron chi connectivity index (χ0n) is 26.5.